The van der Waals surface area contributed by atoms with E-state index in [2.05, 4.69) is 42.0 Å². The van der Waals surface area contributed by atoms with Crippen molar-refractivity contribution in [2.75, 3.05) is 12.8 Å². The molecular formula is C23H27N3O2S2. The van der Waals surface area contributed by atoms with Crippen molar-refractivity contribution in [3.8, 4) is 11.1 Å². The summed E-state index contributed by atoms with van der Waals surface area (Å²) < 4.78 is 28.1. The molecule has 1 saturated heterocycles. The summed E-state index contributed by atoms with van der Waals surface area (Å²) in [4.78, 5) is 0.387. The molecule has 2 unspecified atom stereocenters. The summed E-state index contributed by atoms with van der Waals surface area (Å²) in [6.45, 7) is 4.64. The largest absolute Gasteiger partial charge is 0.389 e. The van der Waals surface area contributed by atoms with Gasteiger partial charge >= 0.3 is 0 Å². The Bertz CT molecular complexity index is 1230. The number of piperidine rings is 1. The summed E-state index contributed by atoms with van der Waals surface area (Å²) in [5.41, 5.74) is 11.3. The minimum Gasteiger partial charge on any atom is -0.389 e. The van der Waals surface area contributed by atoms with Crippen molar-refractivity contribution in [1.29, 1.82) is 0 Å². The van der Waals surface area contributed by atoms with Crippen LogP contribution in [0.1, 0.15) is 36.9 Å². The van der Waals surface area contributed by atoms with Crippen molar-refractivity contribution in [2.45, 2.75) is 38.8 Å². The highest BCUT2D eigenvalue weighted by atomic mass is 32.2. The molecule has 2 aromatic carbocycles. The number of sulfonamides is 1. The number of aryl methyl sites for hydroxylation is 1. The molecule has 7 heteroatoms. The molecule has 1 aliphatic rings. The van der Waals surface area contributed by atoms with Crippen LogP contribution < -0.4 is 5.73 Å². The maximum absolute atomic E-state index is 12.1. The third-order valence-electron chi connectivity index (χ3n) is 6.05. The van der Waals surface area contributed by atoms with Gasteiger partial charge in [-0.3, -0.25) is 0 Å². The van der Waals surface area contributed by atoms with E-state index >= 15 is 0 Å². The van der Waals surface area contributed by atoms with Gasteiger partial charge in [0.1, 0.15) is 4.99 Å². The predicted octanol–water partition coefficient (Wildman–Crippen LogP) is 4.24. The Morgan fingerprint density at radius 3 is 2.63 bits per heavy atom. The van der Waals surface area contributed by atoms with Gasteiger partial charge in [-0.1, -0.05) is 42.5 Å². The zero-order valence-electron chi connectivity index (χ0n) is 17.5. The molecule has 158 valence electrons. The molecule has 2 N–H and O–H groups in total. The van der Waals surface area contributed by atoms with Gasteiger partial charge in [-0.05, 0) is 49.9 Å². The van der Waals surface area contributed by atoms with Gasteiger partial charge in [-0.15, -0.1) is 0 Å². The van der Waals surface area contributed by atoms with Crippen LogP contribution in [0.15, 0.2) is 48.7 Å². The molecule has 0 aliphatic carbocycles. The fourth-order valence-corrected chi connectivity index (χ4v) is 5.91. The summed E-state index contributed by atoms with van der Waals surface area (Å²) in [6.07, 6.45) is 5.08. The number of rotatable bonds is 4. The lowest BCUT2D eigenvalue weighted by Crippen LogP contribution is -2.44. The van der Waals surface area contributed by atoms with Crippen LogP contribution in [0.2, 0.25) is 0 Å². The number of thiocarbonyl (C=S) groups is 1. The zero-order valence-corrected chi connectivity index (χ0v) is 19.1. The van der Waals surface area contributed by atoms with Gasteiger partial charge in [0.25, 0.3) is 0 Å². The summed E-state index contributed by atoms with van der Waals surface area (Å²) in [6, 6.07) is 14.8. The molecule has 0 spiro atoms. The van der Waals surface area contributed by atoms with Crippen molar-refractivity contribution >= 4 is 38.1 Å². The predicted molar refractivity (Wildman–Crippen MR) is 127 cm³/mol. The number of nitrogens with zero attached hydrogens (tertiary/aromatic N) is 2. The van der Waals surface area contributed by atoms with E-state index < -0.39 is 10.0 Å². The van der Waals surface area contributed by atoms with Crippen molar-refractivity contribution in [1.82, 2.24) is 8.87 Å². The molecule has 2 heterocycles. The number of hydrogen-bond acceptors (Lipinski definition) is 3. The molecule has 0 amide bonds. The highest BCUT2D eigenvalue weighted by molar-refractivity contribution is 7.88. The van der Waals surface area contributed by atoms with Gasteiger partial charge in [-0.25, -0.2) is 8.42 Å². The first-order valence-electron chi connectivity index (χ1n) is 10.1. The highest BCUT2D eigenvalue weighted by Gasteiger charge is 2.32. The molecule has 0 bridgehead atoms. The van der Waals surface area contributed by atoms with E-state index in [1.807, 2.05) is 25.1 Å². The van der Waals surface area contributed by atoms with Crippen molar-refractivity contribution in [3.63, 3.8) is 0 Å². The molecule has 3 aromatic rings. The Hall–Kier alpha value is -2.22. The van der Waals surface area contributed by atoms with Crippen LogP contribution in [0, 0.1) is 6.92 Å². The lowest BCUT2D eigenvalue weighted by molar-refractivity contribution is 0.215. The zero-order chi connectivity index (χ0) is 21.6. The summed E-state index contributed by atoms with van der Waals surface area (Å²) in [7, 11) is -3.18. The minimum atomic E-state index is -3.18. The van der Waals surface area contributed by atoms with Crippen LogP contribution in [-0.2, 0) is 10.0 Å². The first kappa shape index (κ1) is 21.0. The molecule has 5 nitrogen and oxygen atoms in total. The molecule has 1 aromatic heterocycles. The van der Waals surface area contributed by atoms with Gasteiger partial charge in [0.15, 0.2) is 0 Å². The van der Waals surface area contributed by atoms with Crippen LogP contribution in [0.3, 0.4) is 0 Å². The van der Waals surface area contributed by atoms with E-state index in [4.69, 9.17) is 18.0 Å². The Balaban J connectivity index is 1.80. The topological polar surface area (TPSA) is 68.3 Å². The van der Waals surface area contributed by atoms with Gasteiger partial charge < -0.3 is 10.3 Å². The number of aromatic nitrogens is 1. The van der Waals surface area contributed by atoms with Gasteiger partial charge in [0, 0.05) is 46.9 Å². The lowest BCUT2D eigenvalue weighted by atomic mass is 10.00. The van der Waals surface area contributed by atoms with Crippen molar-refractivity contribution in [2.24, 2.45) is 5.73 Å². The monoisotopic (exact) mass is 441 g/mol. The van der Waals surface area contributed by atoms with Crippen LogP contribution >= 0.6 is 12.2 Å². The number of fused-ring (bicyclic) bond motifs is 1. The average molecular weight is 442 g/mol. The normalized spacial score (nSPS) is 20.5. The average Bonchev–Trinajstić information content (AvgIpc) is 3.05. The van der Waals surface area contributed by atoms with Crippen LogP contribution in [0.5, 0.6) is 0 Å². The molecule has 2 atom stereocenters. The third-order valence-corrected chi connectivity index (χ3v) is 7.68. The molecule has 1 aliphatic heterocycles. The van der Waals surface area contributed by atoms with Crippen LogP contribution in [-0.4, -0.2) is 41.1 Å². The first-order valence-corrected chi connectivity index (χ1v) is 12.4. The molecule has 0 radical (unpaired) electrons. The number of nitrogens with two attached hydrogens (primary N) is 1. The minimum absolute atomic E-state index is 0.0256. The Morgan fingerprint density at radius 2 is 1.97 bits per heavy atom. The van der Waals surface area contributed by atoms with Gasteiger partial charge in [0.2, 0.25) is 10.0 Å². The van der Waals surface area contributed by atoms with Crippen LogP contribution in [0.25, 0.3) is 22.0 Å². The number of hydrogen-bond donors (Lipinski definition) is 1. The third kappa shape index (κ3) is 3.89. The Kier molecular flexibility index (Phi) is 5.46. The summed E-state index contributed by atoms with van der Waals surface area (Å²) in [5.74, 6) is 0. The molecule has 4 rings (SSSR count). The van der Waals surface area contributed by atoms with Crippen LogP contribution in [0.4, 0.5) is 0 Å². The standard InChI is InChI=1S/C23H27N3O2S2/c1-15-7-8-20-21(17-5-4-6-18(13-17)23(24)29)14-25(22(20)11-15)19-9-10-26(16(2)12-19)30(3,27)28/h4-8,11,13-14,16,19H,9-10,12H2,1-3H3,(H2,24,29). The van der Waals surface area contributed by atoms with E-state index in [0.29, 0.717) is 11.5 Å². The first-order chi connectivity index (χ1) is 14.1. The molecule has 1 fully saturated rings. The summed E-state index contributed by atoms with van der Waals surface area (Å²) in [5, 5.41) is 1.18. The second-order valence-corrected chi connectivity index (χ2v) is 10.7. The smallest absolute Gasteiger partial charge is 0.211 e. The van der Waals surface area contributed by atoms with E-state index in [1.165, 1.54) is 22.7 Å². The maximum atomic E-state index is 12.1. The quantitative estimate of drug-likeness (QED) is 0.615. The summed E-state index contributed by atoms with van der Waals surface area (Å²) >= 11 is 5.17. The fraction of sp³-hybridized carbons (Fsp3) is 0.348. The molecule has 30 heavy (non-hydrogen) atoms. The van der Waals surface area contributed by atoms with E-state index in [-0.39, 0.29) is 12.1 Å². The highest BCUT2D eigenvalue weighted by Crippen LogP contribution is 2.37. The number of benzene rings is 2. The molecular weight excluding hydrogens is 414 g/mol. The van der Waals surface area contributed by atoms with Gasteiger partial charge in [-0.2, -0.15) is 4.31 Å². The van der Waals surface area contributed by atoms with Crippen molar-refractivity contribution < 1.29 is 8.42 Å². The Labute approximate surface area is 183 Å². The Morgan fingerprint density at radius 1 is 1.20 bits per heavy atom. The van der Waals surface area contributed by atoms with E-state index in [0.717, 1.165) is 29.5 Å². The second-order valence-electron chi connectivity index (χ2n) is 8.32. The SMILES string of the molecule is Cc1ccc2c(-c3cccc(C(N)=S)c3)cn(C3CCN(S(C)(=O)=O)C(C)C3)c2c1. The molecule has 0 saturated carbocycles. The maximum Gasteiger partial charge on any atom is 0.211 e. The van der Waals surface area contributed by atoms with Gasteiger partial charge in [0.05, 0.1) is 6.26 Å². The van der Waals surface area contributed by atoms with E-state index in [9.17, 15) is 8.42 Å². The fourth-order valence-electron chi connectivity index (χ4n) is 4.60. The lowest BCUT2D eigenvalue weighted by Gasteiger charge is -2.36. The van der Waals surface area contributed by atoms with Crippen molar-refractivity contribution in [3.05, 3.63) is 59.8 Å². The second kappa shape index (κ2) is 7.80. The van der Waals surface area contributed by atoms with E-state index in [1.54, 1.807) is 4.31 Å².